The van der Waals surface area contributed by atoms with Crippen LogP contribution in [-0.4, -0.2) is 30.8 Å². The molecule has 1 unspecified atom stereocenters. The Bertz CT molecular complexity index is 1420. The normalized spacial score (nSPS) is 12.7. The number of carbonyl (C=O) groups excluding carboxylic acids is 1. The topological polar surface area (TPSA) is 119 Å². The van der Waals surface area contributed by atoms with Gasteiger partial charge in [-0.05, 0) is 49.7 Å². The number of aliphatic hydroxyl groups excluding tert-OH is 1. The first-order valence-corrected chi connectivity index (χ1v) is 10.3. The molecule has 4 aromatic rings. The van der Waals surface area contributed by atoms with Crippen LogP contribution in [0.4, 0.5) is 24.7 Å². The molecule has 0 bridgehead atoms. The van der Waals surface area contributed by atoms with E-state index in [0.717, 1.165) is 18.2 Å². The summed E-state index contributed by atoms with van der Waals surface area (Å²) in [6.45, 7) is 3.48. The third-order valence-corrected chi connectivity index (χ3v) is 5.35. The number of rotatable bonds is 4. The number of nitrogen functional groups attached to an aromatic ring is 1. The maximum atomic E-state index is 12.9. The van der Waals surface area contributed by atoms with Gasteiger partial charge in [-0.2, -0.15) is 18.3 Å². The molecule has 176 valence electrons. The Morgan fingerprint density at radius 1 is 1.18 bits per heavy atom. The van der Waals surface area contributed by atoms with E-state index in [-0.39, 0.29) is 22.1 Å². The van der Waals surface area contributed by atoms with Gasteiger partial charge < -0.3 is 16.2 Å². The molecule has 0 aliphatic rings. The highest BCUT2D eigenvalue weighted by Crippen LogP contribution is 2.32. The van der Waals surface area contributed by atoms with Crippen LogP contribution in [0.5, 0.6) is 0 Å². The highest BCUT2D eigenvalue weighted by atomic mass is 35.5. The van der Waals surface area contributed by atoms with Crippen LogP contribution in [0.15, 0.2) is 42.5 Å². The SMILES string of the molecule is Cc1nc(N)c2c(n1)c(C)nn2-c1ccc(NC(=O)C(O)c2cccc(C(F)(F)F)c2)cc1Cl. The van der Waals surface area contributed by atoms with E-state index in [4.69, 9.17) is 17.3 Å². The molecular weight excluding hydrogens is 473 g/mol. The van der Waals surface area contributed by atoms with Gasteiger partial charge in [0.2, 0.25) is 0 Å². The minimum atomic E-state index is -4.60. The van der Waals surface area contributed by atoms with E-state index in [1.807, 2.05) is 0 Å². The first-order chi connectivity index (χ1) is 16.0. The summed E-state index contributed by atoms with van der Waals surface area (Å²) < 4.78 is 40.3. The number of hydrogen-bond acceptors (Lipinski definition) is 6. The Morgan fingerprint density at radius 3 is 2.59 bits per heavy atom. The average molecular weight is 491 g/mol. The average Bonchev–Trinajstić information content (AvgIpc) is 3.09. The predicted molar refractivity (Wildman–Crippen MR) is 121 cm³/mol. The van der Waals surface area contributed by atoms with Crippen LogP contribution < -0.4 is 11.1 Å². The van der Waals surface area contributed by atoms with Crippen molar-refractivity contribution in [3.63, 3.8) is 0 Å². The Morgan fingerprint density at radius 2 is 1.91 bits per heavy atom. The molecule has 0 radical (unpaired) electrons. The van der Waals surface area contributed by atoms with Crippen molar-refractivity contribution in [2.45, 2.75) is 26.1 Å². The molecule has 2 aromatic heterocycles. The Labute approximate surface area is 196 Å². The highest BCUT2D eigenvalue weighted by Gasteiger charge is 2.31. The zero-order chi connectivity index (χ0) is 24.8. The number of amides is 1. The first kappa shape index (κ1) is 23.5. The number of halogens is 4. The zero-order valence-corrected chi connectivity index (χ0v) is 18.6. The summed E-state index contributed by atoms with van der Waals surface area (Å²) in [6, 6.07) is 8.42. The van der Waals surface area contributed by atoms with E-state index in [2.05, 4.69) is 20.4 Å². The third-order valence-electron chi connectivity index (χ3n) is 5.05. The third kappa shape index (κ3) is 4.39. The minimum absolute atomic E-state index is 0.190. The van der Waals surface area contributed by atoms with Crippen LogP contribution in [0, 0.1) is 13.8 Å². The number of anilines is 2. The molecule has 1 amide bonds. The van der Waals surface area contributed by atoms with Crippen molar-refractivity contribution >= 4 is 40.0 Å². The standard InChI is InChI=1S/C22H18ClF3N6O2/c1-10-17-18(20(27)29-11(2)28-17)32(31-10)16-7-6-14(9-15(16)23)30-21(34)19(33)12-4-3-5-13(8-12)22(24,25)26/h3-9,19,33H,1-2H3,(H,30,34)(H2,27,28,29). The molecule has 0 spiro atoms. The van der Waals surface area contributed by atoms with Crippen molar-refractivity contribution in [2.75, 3.05) is 11.1 Å². The number of aryl methyl sites for hydroxylation is 2. The highest BCUT2D eigenvalue weighted by molar-refractivity contribution is 6.32. The summed E-state index contributed by atoms with van der Waals surface area (Å²) in [4.78, 5) is 21.0. The first-order valence-electron chi connectivity index (χ1n) is 9.91. The molecule has 34 heavy (non-hydrogen) atoms. The number of nitrogens with zero attached hydrogens (tertiary/aromatic N) is 4. The van der Waals surface area contributed by atoms with Crippen molar-refractivity contribution in [3.8, 4) is 5.69 Å². The Hall–Kier alpha value is -3.70. The van der Waals surface area contributed by atoms with Gasteiger partial charge in [-0.15, -0.1) is 0 Å². The van der Waals surface area contributed by atoms with E-state index in [9.17, 15) is 23.1 Å². The fourth-order valence-electron chi connectivity index (χ4n) is 3.47. The largest absolute Gasteiger partial charge is 0.416 e. The van der Waals surface area contributed by atoms with Gasteiger partial charge in [-0.1, -0.05) is 23.7 Å². The summed E-state index contributed by atoms with van der Waals surface area (Å²) in [7, 11) is 0. The number of carbonyl (C=O) groups is 1. The second-order valence-corrected chi connectivity index (χ2v) is 7.94. The molecule has 0 fully saturated rings. The van der Waals surface area contributed by atoms with Crippen LogP contribution in [0.1, 0.15) is 28.7 Å². The van der Waals surface area contributed by atoms with Crippen LogP contribution in [0.3, 0.4) is 0 Å². The lowest BCUT2D eigenvalue weighted by molar-refractivity contribution is -0.138. The van der Waals surface area contributed by atoms with Crippen molar-refractivity contribution in [3.05, 3.63) is 70.1 Å². The van der Waals surface area contributed by atoms with Gasteiger partial charge in [0.25, 0.3) is 5.91 Å². The lowest BCUT2D eigenvalue weighted by atomic mass is 10.0. The van der Waals surface area contributed by atoms with Gasteiger partial charge in [0.15, 0.2) is 11.9 Å². The van der Waals surface area contributed by atoms with Crippen LogP contribution in [0.25, 0.3) is 16.7 Å². The van der Waals surface area contributed by atoms with E-state index < -0.39 is 23.8 Å². The number of aromatic nitrogens is 4. The molecule has 4 N–H and O–H groups in total. The molecule has 8 nitrogen and oxygen atoms in total. The van der Waals surface area contributed by atoms with Gasteiger partial charge in [0.05, 0.1) is 22.0 Å². The van der Waals surface area contributed by atoms with E-state index in [1.165, 1.54) is 22.9 Å². The van der Waals surface area contributed by atoms with E-state index in [1.54, 1.807) is 19.9 Å². The molecule has 0 aliphatic carbocycles. The molecular formula is C22H18ClF3N6O2. The number of nitrogens with one attached hydrogen (secondary N) is 1. The smallest absolute Gasteiger partial charge is 0.382 e. The summed E-state index contributed by atoms with van der Waals surface area (Å²) in [5.74, 6) is -0.200. The second-order valence-electron chi connectivity index (χ2n) is 7.53. The van der Waals surface area contributed by atoms with E-state index >= 15 is 0 Å². The van der Waals surface area contributed by atoms with Crippen molar-refractivity contribution in [2.24, 2.45) is 0 Å². The fraction of sp³-hybridized carbons (Fsp3) is 0.182. The molecule has 4 rings (SSSR count). The quantitative estimate of drug-likeness (QED) is 0.391. The molecule has 12 heteroatoms. The van der Waals surface area contributed by atoms with Gasteiger partial charge in [0, 0.05) is 5.69 Å². The summed E-state index contributed by atoms with van der Waals surface area (Å²) in [5.41, 5.74) is 7.23. The number of benzene rings is 2. The predicted octanol–water partition coefficient (Wildman–Crippen LogP) is 4.36. The summed E-state index contributed by atoms with van der Waals surface area (Å²) in [6.07, 6.45) is -6.42. The minimum Gasteiger partial charge on any atom is -0.382 e. The number of nitrogens with two attached hydrogens (primary N) is 1. The second kappa shape index (κ2) is 8.58. The molecule has 2 heterocycles. The van der Waals surface area contributed by atoms with Crippen LogP contribution >= 0.6 is 11.6 Å². The molecule has 0 aliphatic heterocycles. The monoisotopic (exact) mass is 490 g/mol. The molecule has 2 aromatic carbocycles. The number of aliphatic hydroxyl groups is 1. The Kier molecular flexibility index (Phi) is 5.92. The summed E-state index contributed by atoms with van der Waals surface area (Å²) >= 11 is 6.43. The number of fused-ring (bicyclic) bond motifs is 1. The zero-order valence-electron chi connectivity index (χ0n) is 17.9. The van der Waals surface area contributed by atoms with Gasteiger partial charge in [-0.25, -0.2) is 14.6 Å². The molecule has 0 saturated carbocycles. The van der Waals surface area contributed by atoms with Gasteiger partial charge >= 0.3 is 6.18 Å². The molecule has 0 saturated heterocycles. The van der Waals surface area contributed by atoms with Crippen molar-refractivity contribution in [1.82, 2.24) is 19.7 Å². The van der Waals surface area contributed by atoms with Crippen molar-refractivity contribution < 1.29 is 23.1 Å². The molecule has 1 atom stereocenters. The fourth-order valence-corrected chi connectivity index (χ4v) is 3.74. The Balaban J connectivity index is 1.60. The van der Waals surface area contributed by atoms with Crippen LogP contribution in [0.2, 0.25) is 5.02 Å². The van der Waals surface area contributed by atoms with Crippen molar-refractivity contribution in [1.29, 1.82) is 0 Å². The van der Waals surface area contributed by atoms with Crippen LogP contribution in [-0.2, 0) is 11.0 Å². The lowest BCUT2D eigenvalue weighted by Gasteiger charge is -2.15. The maximum absolute atomic E-state index is 12.9. The van der Waals surface area contributed by atoms with E-state index in [0.29, 0.717) is 28.2 Å². The number of alkyl halides is 3. The van der Waals surface area contributed by atoms with Gasteiger partial charge in [-0.3, -0.25) is 4.79 Å². The lowest BCUT2D eigenvalue weighted by Crippen LogP contribution is -2.21. The van der Waals surface area contributed by atoms with Gasteiger partial charge in [0.1, 0.15) is 16.9 Å². The summed E-state index contributed by atoms with van der Waals surface area (Å²) in [5, 5.41) is 17.3. The number of hydrogen-bond donors (Lipinski definition) is 3. The maximum Gasteiger partial charge on any atom is 0.416 e.